The van der Waals surface area contributed by atoms with E-state index in [2.05, 4.69) is 17.2 Å². The molecule has 1 atom stereocenters. The van der Waals surface area contributed by atoms with Gasteiger partial charge in [0, 0.05) is 12.5 Å². The summed E-state index contributed by atoms with van der Waals surface area (Å²) in [5, 5.41) is 3.31. The molecule has 0 saturated heterocycles. The van der Waals surface area contributed by atoms with Gasteiger partial charge >= 0.3 is 6.18 Å². The largest absolute Gasteiger partial charge is 0.492 e. The summed E-state index contributed by atoms with van der Waals surface area (Å²) in [6.07, 6.45) is -2.50. The third-order valence-electron chi connectivity index (χ3n) is 2.85. The summed E-state index contributed by atoms with van der Waals surface area (Å²) in [5.74, 6) is 0.502. The quantitative estimate of drug-likeness (QED) is 0.738. The van der Waals surface area contributed by atoms with Crippen LogP contribution in [-0.4, -0.2) is 24.3 Å². The monoisotopic (exact) mass is 290 g/mol. The zero-order valence-corrected chi connectivity index (χ0v) is 11.8. The molecule has 0 spiro atoms. The number of nitrogens with one attached hydrogen (secondary N) is 1. The molecule has 0 fully saturated rings. The predicted octanol–water partition coefficient (Wildman–Crippen LogP) is 3.86. The van der Waals surface area contributed by atoms with Crippen LogP contribution in [0.3, 0.4) is 0 Å². The molecule has 114 valence electrons. The van der Waals surface area contributed by atoms with Gasteiger partial charge in [-0.15, -0.1) is 0 Å². The molecule has 0 saturated carbocycles. The molecule has 1 unspecified atom stereocenters. The molecule has 1 rings (SSSR count). The first-order valence-electron chi connectivity index (χ1n) is 6.85. The van der Waals surface area contributed by atoms with Crippen molar-refractivity contribution in [2.75, 3.05) is 13.2 Å². The summed E-state index contributed by atoms with van der Waals surface area (Å²) in [6.45, 7) is 5.00. The van der Waals surface area contributed by atoms with E-state index in [9.17, 15) is 13.2 Å². The lowest BCUT2D eigenvalue weighted by molar-refractivity contribution is -0.136. The van der Waals surface area contributed by atoms with Crippen LogP contribution in [0.1, 0.15) is 44.8 Å². The molecular weight excluding hydrogens is 269 g/mol. The topological polar surface area (TPSA) is 34.1 Å². The van der Waals surface area contributed by atoms with E-state index in [0.29, 0.717) is 5.75 Å². The molecule has 0 aromatic carbocycles. The Hall–Kier alpha value is -1.30. The van der Waals surface area contributed by atoms with Crippen molar-refractivity contribution in [3.63, 3.8) is 0 Å². The van der Waals surface area contributed by atoms with Crippen LogP contribution in [0.2, 0.25) is 0 Å². The molecule has 0 bridgehead atoms. The molecule has 0 aliphatic carbocycles. The number of hydrogen-bond acceptors (Lipinski definition) is 3. The second kappa shape index (κ2) is 8.09. The molecule has 0 aliphatic rings. The fourth-order valence-electron chi connectivity index (χ4n) is 1.85. The van der Waals surface area contributed by atoms with Gasteiger partial charge in [-0.25, -0.2) is 0 Å². The van der Waals surface area contributed by atoms with Crippen molar-refractivity contribution in [3.05, 3.63) is 24.0 Å². The summed E-state index contributed by atoms with van der Waals surface area (Å²) >= 11 is 0. The Kier molecular flexibility index (Phi) is 6.78. The van der Waals surface area contributed by atoms with Gasteiger partial charge in [-0.05, 0) is 31.5 Å². The Bertz CT molecular complexity index is 379. The highest BCUT2D eigenvalue weighted by Crippen LogP contribution is 2.22. The summed E-state index contributed by atoms with van der Waals surface area (Å²) in [5.41, 5.74) is 0.914. The number of nitrogens with zero attached hydrogens (tertiary/aromatic N) is 1. The Morgan fingerprint density at radius 2 is 2.05 bits per heavy atom. The number of aromatic nitrogens is 1. The van der Waals surface area contributed by atoms with Crippen LogP contribution >= 0.6 is 0 Å². The van der Waals surface area contributed by atoms with Gasteiger partial charge in [-0.2, -0.15) is 13.2 Å². The summed E-state index contributed by atoms with van der Waals surface area (Å²) in [6, 6.07) is 3.78. The second-order valence-corrected chi connectivity index (χ2v) is 4.50. The zero-order chi connectivity index (χ0) is 15.0. The Morgan fingerprint density at radius 1 is 1.30 bits per heavy atom. The van der Waals surface area contributed by atoms with E-state index >= 15 is 0 Å². The highest BCUT2D eigenvalue weighted by molar-refractivity contribution is 5.21. The van der Waals surface area contributed by atoms with E-state index in [1.165, 1.54) is 0 Å². The number of halogens is 3. The van der Waals surface area contributed by atoms with Crippen LogP contribution in [0, 0.1) is 0 Å². The van der Waals surface area contributed by atoms with Crippen LogP contribution in [0.4, 0.5) is 13.2 Å². The summed E-state index contributed by atoms with van der Waals surface area (Å²) < 4.78 is 41.1. The Morgan fingerprint density at radius 3 is 2.55 bits per heavy atom. The average molecular weight is 290 g/mol. The van der Waals surface area contributed by atoms with E-state index in [1.807, 2.05) is 13.0 Å². The van der Waals surface area contributed by atoms with Crippen molar-refractivity contribution >= 4 is 0 Å². The maximum atomic E-state index is 12.0. The number of hydrogen-bond donors (Lipinski definition) is 1. The van der Waals surface area contributed by atoms with Crippen LogP contribution in [0.15, 0.2) is 18.3 Å². The molecular formula is C14H21F3N2O. The normalized spacial score (nSPS) is 13.2. The molecule has 6 heteroatoms. The van der Waals surface area contributed by atoms with Gasteiger partial charge < -0.3 is 10.1 Å². The molecule has 1 aromatic rings. The lowest BCUT2D eigenvalue weighted by atomic mass is 10.1. The third-order valence-corrected chi connectivity index (χ3v) is 2.85. The van der Waals surface area contributed by atoms with Crippen LogP contribution < -0.4 is 10.1 Å². The number of ether oxygens (including phenoxy) is 1. The molecule has 0 aliphatic heterocycles. The van der Waals surface area contributed by atoms with Crippen molar-refractivity contribution in [3.8, 4) is 5.75 Å². The van der Waals surface area contributed by atoms with Crippen molar-refractivity contribution in [1.82, 2.24) is 10.3 Å². The van der Waals surface area contributed by atoms with Gasteiger partial charge in [0.1, 0.15) is 5.75 Å². The minimum atomic E-state index is -4.12. The SMILES string of the molecule is CCNC(CC)c1ccc(OCCCC(F)(F)F)cn1. The van der Waals surface area contributed by atoms with E-state index in [1.54, 1.807) is 12.3 Å². The first kappa shape index (κ1) is 16.8. The summed E-state index contributed by atoms with van der Waals surface area (Å²) in [4.78, 5) is 4.29. The molecule has 20 heavy (non-hydrogen) atoms. The maximum absolute atomic E-state index is 12.0. The van der Waals surface area contributed by atoms with Gasteiger partial charge in [0.2, 0.25) is 0 Å². The van der Waals surface area contributed by atoms with Crippen molar-refractivity contribution < 1.29 is 17.9 Å². The molecule has 0 radical (unpaired) electrons. The Labute approximate surface area is 117 Å². The standard InChI is InChI=1S/C14H21F3N2O/c1-3-12(18-4-2)13-7-6-11(10-19-13)20-9-5-8-14(15,16)17/h6-7,10,12,18H,3-5,8-9H2,1-2H3. The van der Waals surface area contributed by atoms with E-state index in [-0.39, 0.29) is 19.1 Å². The smallest absolute Gasteiger partial charge is 0.389 e. The third kappa shape index (κ3) is 6.23. The number of alkyl halides is 3. The molecule has 1 heterocycles. The number of pyridine rings is 1. The predicted molar refractivity (Wildman–Crippen MR) is 71.7 cm³/mol. The fraction of sp³-hybridized carbons (Fsp3) is 0.643. The Balaban J connectivity index is 2.42. The summed E-state index contributed by atoms with van der Waals surface area (Å²) in [7, 11) is 0. The van der Waals surface area contributed by atoms with Gasteiger partial charge in [0.25, 0.3) is 0 Å². The van der Waals surface area contributed by atoms with Crippen molar-refractivity contribution in [2.45, 2.75) is 45.3 Å². The molecule has 1 aromatic heterocycles. The first-order chi connectivity index (χ1) is 9.46. The lowest BCUT2D eigenvalue weighted by Gasteiger charge is -2.15. The van der Waals surface area contributed by atoms with Crippen molar-refractivity contribution in [1.29, 1.82) is 0 Å². The second-order valence-electron chi connectivity index (χ2n) is 4.50. The van der Waals surface area contributed by atoms with Gasteiger partial charge in [0.15, 0.2) is 0 Å². The minimum absolute atomic E-state index is 0.0414. The van der Waals surface area contributed by atoms with Crippen LogP contribution in [-0.2, 0) is 0 Å². The highest BCUT2D eigenvalue weighted by atomic mass is 19.4. The lowest BCUT2D eigenvalue weighted by Crippen LogP contribution is -2.20. The highest BCUT2D eigenvalue weighted by Gasteiger charge is 2.26. The fourth-order valence-corrected chi connectivity index (χ4v) is 1.85. The van der Waals surface area contributed by atoms with E-state index in [0.717, 1.165) is 18.7 Å². The van der Waals surface area contributed by atoms with Crippen LogP contribution in [0.25, 0.3) is 0 Å². The average Bonchev–Trinajstić information content (AvgIpc) is 2.41. The van der Waals surface area contributed by atoms with E-state index in [4.69, 9.17) is 4.74 Å². The zero-order valence-electron chi connectivity index (χ0n) is 11.8. The van der Waals surface area contributed by atoms with Crippen LogP contribution in [0.5, 0.6) is 5.75 Å². The first-order valence-corrected chi connectivity index (χ1v) is 6.85. The molecule has 1 N–H and O–H groups in total. The molecule has 0 amide bonds. The number of rotatable bonds is 8. The van der Waals surface area contributed by atoms with Gasteiger partial charge in [-0.3, -0.25) is 4.98 Å². The molecule has 3 nitrogen and oxygen atoms in total. The van der Waals surface area contributed by atoms with Gasteiger partial charge in [0.05, 0.1) is 18.5 Å². The minimum Gasteiger partial charge on any atom is -0.492 e. The van der Waals surface area contributed by atoms with E-state index < -0.39 is 12.6 Å². The van der Waals surface area contributed by atoms with Crippen molar-refractivity contribution in [2.24, 2.45) is 0 Å². The maximum Gasteiger partial charge on any atom is 0.389 e. The van der Waals surface area contributed by atoms with Gasteiger partial charge in [-0.1, -0.05) is 13.8 Å².